The van der Waals surface area contributed by atoms with Gasteiger partial charge in [0.2, 0.25) is 0 Å². The first-order chi connectivity index (χ1) is 12.2. The van der Waals surface area contributed by atoms with E-state index in [0.717, 1.165) is 6.42 Å². The predicted molar refractivity (Wildman–Crippen MR) is 99.2 cm³/mol. The number of amides is 1. The molecule has 1 aromatic heterocycles. The van der Waals surface area contributed by atoms with Crippen molar-refractivity contribution in [1.82, 2.24) is 14.9 Å². The summed E-state index contributed by atoms with van der Waals surface area (Å²) < 4.78 is 5.50. The monoisotopic (exact) mass is 359 g/mol. The second-order valence-electron chi connectivity index (χ2n) is 6.98. The SMILES string of the molecule is C=CC(c1nc2c(C(=O)O)cccc2[nH]1)N(CCC)C(=O)OC(C)(C)C. The van der Waals surface area contributed by atoms with Crippen LogP contribution in [-0.4, -0.2) is 44.2 Å². The molecule has 0 fully saturated rings. The molecule has 0 aliphatic rings. The Labute approximate surface area is 152 Å². The molecule has 1 heterocycles. The van der Waals surface area contributed by atoms with Crippen LogP contribution in [0.3, 0.4) is 0 Å². The summed E-state index contributed by atoms with van der Waals surface area (Å²) in [5, 5.41) is 9.34. The summed E-state index contributed by atoms with van der Waals surface area (Å²) in [6.45, 7) is 11.6. The van der Waals surface area contributed by atoms with Crippen LogP contribution in [0.25, 0.3) is 11.0 Å². The number of rotatable bonds is 6. The molecule has 0 radical (unpaired) electrons. The van der Waals surface area contributed by atoms with Crippen molar-refractivity contribution < 1.29 is 19.4 Å². The minimum atomic E-state index is -1.05. The van der Waals surface area contributed by atoms with Crippen molar-refractivity contribution in [2.45, 2.75) is 45.8 Å². The van der Waals surface area contributed by atoms with E-state index in [9.17, 15) is 14.7 Å². The van der Waals surface area contributed by atoms with Crippen molar-refractivity contribution in [2.24, 2.45) is 0 Å². The Morgan fingerprint density at radius 3 is 2.65 bits per heavy atom. The highest BCUT2D eigenvalue weighted by Crippen LogP contribution is 2.26. The molecule has 0 bridgehead atoms. The van der Waals surface area contributed by atoms with Gasteiger partial charge < -0.3 is 14.8 Å². The molecule has 2 aromatic rings. The molecule has 7 nitrogen and oxygen atoms in total. The lowest BCUT2D eigenvalue weighted by atomic mass is 10.2. The lowest BCUT2D eigenvalue weighted by Crippen LogP contribution is -2.39. The highest BCUT2D eigenvalue weighted by Gasteiger charge is 2.29. The van der Waals surface area contributed by atoms with Crippen molar-refractivity contribution in [1.29, 1.82) is 0 Å². The Morgan fingerprint density at radius 1 is 1.42 bits per heavy atom. The zero-order chi connectivity index (χ0) is 19.5. The highest BCUT2D eigenvalue weighted by atomic mass is 16.6. The number of nitrogens with one attached hydrogen (secondary N) is 1. The third kappa shape index (κ3) is 4.22. The standard InChI is InChI=1S/C19H25N3O4/c1-6-11-22(18(25)26-19(3,4)5)14(7-2)16-20-13-10-8-9-12(17(23)24)15(13)21-16/h7-10,14H,2,6,11H2,1,3-5H3,(H,20,21)(H,23,24). The van der Waals surface area contributed by atoms with Gasteiger partial charge in [0.15, 0.2) is 0 Å². The summed E-state index contributed by atoms with van der Waals surface area (Å²) in [6, 6.07) is 4.33. The highest BCUT2D eigenvalue weighted by molar-refractivity contribution is 6.00. The van der Waals surface area contributed by atoms with Gasteiger partial charge in [0.25, 0.3) is 0 Å². The number of nitrogens with zero attached hydrogens (tertiary/aromatic N) is 2. The molecule has 2 rings (SSSR count). The lowest BCUT2D eigenvalue weighted by Gasteiger charge is -2.31. The zero-order valence-corrected chi connectivity index (χ0v) is 15.6. The molecule has 0 aliphatic carbocycles. The van der Waals surface area contributed by atoms with Gasteiger partial charge in [-0.2, -0.15) is 0 Å². The maximum Gasteiger partial charge on any atom is 0.411 e. The van der Waals surface area contributed by atoms with Gasteiger partial charge in [-0.25, -0.2) is 14.6 Å². The van der Waals surface area contributed by atoms with E-state index in [-0.39, 0.29) is 5.56 Å². The maximum absolute atomic E-state index is 12.6. The predicted octanol–water partition coefficient (Wildman–Crippen LogP) is 4.14. The normalized spacial score (nSPS) is 12.6. The topological polar surface area (TPSA) is 95.5 Å². The van der Waals surface area contributed by atoms with Gasteiger partial charge in [-0.3, -0.25) is 4.90 Å². The molecule has 1 amide bonds. The number of H-pyrrole nitrogens is 1. The number of hydrogen-bond acceptors (Lipinski definition) is 4. The number of carbonyl (C=O) groups is 2. The molecule has 26 heavy (non-hydrogen) atoms. The molecular weight excluding hydrogens is 334 g/mol. The fourth-order valence-electron chi connectivity index (χ4n) is 2.66. The molecule has 1 atom stereocenters. The summed E-state index contributed by atoms with van der Waals surface area (Å²) in [6.07, 6.45) is 1.85. The van der Waals surface area contributed by atoms with Gasteiger partial charge in [0.1, 0.15) is 23.0 Å². The summed E-state index contributed by atoms with van der Waals surface area (Å²) in [4.78, 5) is 33.1. The zero-order valence-electron chi connectivity index (χ0n) is 15.6. The summed E-state index contributed by atoms with van der Waals surface area (Å²) in [5.41, 5.74) is 0.418. The Hall–Kier alpha value is -2.83. The van der Waals surface area contributed by atoms with Crippen LogP contribution in [0.4, 0.5) is 4.79 Å². The third-order valence-corrected chi connectivity index (χ3v) is 3.69. The van der Waals surface area contributed by atoms with E-state index in [0.29, 0.717) is 23.4 Å². The molecule has 7 heteroatoms. The average molecular weight is 359 g/mol. The second kappa shape index (κ2) is 7.59. The lowest BCUT2D eigenvalue weighted by molar-refractivity contribution is 0.0191. The summed E-state index contributed by atoms with van der Waals surface area (Å²) >= 11 is 0. The Bertz CT molecular complexity index is 820. The van der Waals surface area contributed by atoms with E-state index in [1.165, 1.54) is 11.0 Å². The minimum absolute atomic E-state index is 0.104. The Morgan fingerprint density at radius 2 is 2.12 bits per heavy atom. The van der Waals surface area contributed by atoms with E-state index in [2.05, 4.69) is 16.5 Å². The van der Waals surface area contributed by atoms with Gasteiger partial charge in [0.05, 0.1) is 11.1 Å². The van der Waals surface area contributed by atoms with Crippen molar-refractivity contribution in [3.63, 3.8) is 0 Å². The number of carboxylic acid groups (broad SMARTS) is 1. The number of benzene rings is 1. The summed E-state index contributed by atoms with van der Waals surface area (Å²) in [7, 11) is 0. The van der Waals surface area contributed by atoms with Crippen molar-refractivity contribution >= 4 is 23.1 Å². The van der Waals surface area contributed by atoms with Gasteiger partial charge in [-0.15, -0.1) is 6.58 Å². The van der Waals surface area contributed by atoms with E-state index >= 15 is 0 Å². The van der Waals surface area contributed by atoms with Crippen LogP contribution in [0.1, 0.15) is 56.3 Å². The number of imidazole rings is 1. The van der Waals surface area contributed by atoms with Crippen LogP contribution in [0.2, 0.25) is 0 Å². The van der Waals surface area contributed by atoms with E-state index < -0.39 is 23.7 Å². The number of para-hydroxylation sites is 1. The molecule has 0 saturated heterocycles. The van der Waals surface area contributed by atoms with Crippen molar-refractivity contribution in [2.75, 3.05) is 6.54 Å². The number of aromatic carboxylic acids is 1. The largest absolute Gasteiger partial charge is 0.478 e. The van der Waals surface area contributed by atoms with Gasteiger partial charge in [-0.1, -0.05) is 19.1 Å². The number of aromatic nitrogens is 2. The third-order valence-electron chi connectivity index (χ3n) is 3.69. The van der Waals surface area contributed by atoms with Crippen LogP contribution in [0.15, 0.2) is 30.9 Å². The first-order valence-electron chi connectivity index (χ1n) is 8.52. The Kier molecular flexibility index (Phi) is 5.69. The second-order valence-corrected chi connectivity index (χ2v) is 6.98. The van der Waals surface area contributed by atoms with Gasteiger partial charge in [-0.05, 0) is 39.3 Å². The Balaban J connectivity index is 2.46. The summed E-state index contributed by atoms with van der Waals surface area (Å²) in [5.74, 6) is -0.607. The number of carbonyl (C=O) groups excluding carboxylic acids is 1. The van der Waals surface area contributed by atoms with E-state index in [1.54, 1.807) is 39.0 Å². The molecule has 0 spiro atoms. The van der Waals surface area contributed by atoms with Crippen molar-refractivity contribution in [3.05, 3.63) is 42.2 Å². The smallest absolute Gasteiger partial charge is 0.411 e. The fraction of sp³-hybridized carbons (Fsp3) is 0.421. The van der Waals surface area contributed by atoms with Crippen LogP contribution in [0.5, 0.6) is 0 Å². The van der Waals surface area contributed by atoms with Gasteiger partial charge >= 0.3 is 12.1 Å². The fourth-order valence-corrected chi connectivity index (χ4v) is 2.66. The van der Waals surface area contributed by atoms with Crippen LogP contribution in [0, 0.1) is 0 Å². The number of carboxylic acids is 1. The molecule has 0 aliphatic heterocycles. The molecule has 1 unspecified atom stereocenters. The van der Waals surface area contributed by atoms with Crippen molar-refractivity contribution in [3.8, 4) is 0 Å². The number of hydrogen-bond donors (Lipinski definition) is 2. The molecule has 0 saturated carbocycles. The number of aromatic amines is 1. The number of ether oxygens (including phenoxy) is 1. The van der Waals surface area contributed by atoms with E-state index in [1.807, 2.05) is 6.92 Å². The quantitative estimate of drug-likeness (QED) is 0.756. The molecular formula is C19H25N3O4. The average Bonchev–Trinajstić information content (AvgIpc) is 2.96. The van der Waals surface area contributed by atoms with Crippen LogP contribution in [-0.2, 0) is 4.74 Å². The minimum Gasteiger partial charge on any atom is -0.478 e. The van der Waals surface area contributed by atoms with Crippen LogP contribution < -0.4 is 0 Å². The molecule has 1 aromatic carbocycles. The maximum atomic E-state index is 12.6. The number of fused-ring (bicyclic) bond motifs is 1. The molecule has 2 N–H and O–H groups in total. The first kappa shape index (κ1) is 19.5. The van der Waals surface area contributed by atoms with E-state index in [4.69, 9.17) is 4.74 Å². The van der Waals surface area contributed by atoms with Crippen LogP contribution >= 0.6 is 0 Å². The molecule has 140 valence electrons. The first-order valence-corrected chi connectivity index (χ1v) is 8.52. The van der Waals surface area contributed by atoms with Gasteiger partial charge in [0, 0.05) is 6.54 Å².